The first-order chi connectivity index (χ1) is 10.2. The van der Waals surface area contributed by atoms with Gasteiger partial charge in [0.2, 0.25) is 5.91 Å². The summed E-state index contributed by atoms with van der Waals surface area (Å²) in [4.78, 5) is 25.8. The van der Waals surface area contributed by atoms with Crippen molar-refractivity contribution in [1.29, 1.82) is 0 Å². The molecular formula is C16H31NO4. The summed E-state index contributed by atoms with van der Waals surface area (Å²) in [6, 6.07) is 0. The summed E-state index contributed by atoms with van der Waals surface area (Å²) in [5.41, 5.74) is 0. The zero-order valence-corrected chi connectivity index (χ0v) is 13.4. The normalized spacial score (nSPS) is 10.4. The lowest BCUT2D eigenvalue weighted by molar-refractivity contribution is -0.234. The Bertz CT molecular complexity index is 269. The first kappa shape index (κ1) is 19.9. The summed E-state index contributed by atoms with van der Waals surface area (Å²) in [5, 5.41) is 11.0. The van der Waals surface area contributed by atoms with Crippen molar-refractivity contribution in [3.05, 3.63) is 0 Å². The van der Waals surface area contributed by atoms with Crippen LogP contribution in [0.4, 0.5) is 0 Å². The largest absolute Gasteiger partial charge is 0.356 e. The van der Waals surface area contributed by atoms with E-state index < -0.39 is 5.97 Å². The van der Waals surface area contributed by atoms with Gasteiger partial charge in [0.1, 0.15) is 0 Å². The van der Waals surface area contributed by atoms with E-state index in [0.717, 1.165) is 25.7 Å². The number of hydrogen-bond donors (Lipinski definition) is 2. The molecule has 0 aliphatic carbocycles. The minimum absolute atomic E-state index is 0.123. The lowest BCUT2D eigenvalue weighted by Crippen LogP contribution is -2.24. The van der Waals surface area contributed by atoms with Crippen molar-refractivity contribution in [3.8, 4) is 0 Å². The molecule has 0 fully saturated rings. The molecule has 0 aliphatic rings. The molecule has 0 aliphatic heterocycles. The van der Waals surface area contributed by atoms with Crippen LogP contribution >= 0.6 is 0 Å². The second kappa shape index (κ2) is 15.3. The van der Waals surface area contributed by atoms with E-state index in [4.69, 9.17) is 5.26 Å². The fourth-order valence-electron chi connectivity index (χ4n) is 2.18. The van der Waals surface area contributed by atoms with Crippen LogP contribution in [0.5, 0.6) is 0 Å². The maximum absolute atomic E-state index is 11.5. The third-order valence-corrected chi connectivity index (χ3v) is 3.49. The lowest BCUT2D eigenvalue weighted by Gasteiger charge is -2.05. The van der Waals surface area contributed by atoms with E-state index in [1.807, 2.05) is 0 Å². The molecule has 124 valence electrons. The molecule has 0 saturated carbocycles. The molecule has 0 aromatic heterocycles. The molecule has 0 heterocycles. The Morgan fingerprint density at radius 1 is 0.857 bits per heavy atom. The SMILES string of the molecule is CCCCCCCCCC(=O)NCCCCCC(=O)OO. The minimum Gasteiger partial charge on any atom is -0.356 e. The Balaban J connectivity index is 3.22. The fourth-order valence-corrected chi connectivity index (χ4v) is 2.18. The highest BCUT2D eigenvalue weighted by atomic mass is 17.1. The first-order valence-corrected chi connectivity index (χ1v) is 8.31. The van der Waals surface area contributed by atoms with Crippen molar-refractivity contribution in [2.75, 3.05) is 6.54 Å². The molecule has 0 bridgehead atoms. The van der Waals surface area contributed by atoms with E-state index in [1.54, 1.807) is 0 Å². The molecule has 0 spiro atoms. The molecule has 21 heavy (non-hydrogen) atoms. The van der Waals surface area contributed by atoms with Crippen LogP contribution in [0, 0.1) is 0 Å². The zero-order valence-electron chi connectivity index (χ0n) is 13.4. The van der Waals surface area contributed by atoms with Crippen LogP contribution < -0.4 is 5.32 Å². The van der Waals surface area contributed by atoms with Crippen molar-refractivity contribution >= 4 is 11.9 Å². The summed E-state index contributed by atoms with van der Waals surface area (Å²) < 4.78 is 0. The van der Waals surface area contributed by atoms with E-state index in [9.17, 15) is 9.59 Å². The number of carbonyl (C=O) groups excluding carboxylic acids is 2. The monoisotopic (exact) mass is 301 g/mol. The van der Waals surface area contributed by atoms with Crippen LogP contribution in [-0.4, -0.2) is 23.7 Å². The fraction of sp³-hybridized carbons (Fsp3) is 0.875. The van der Waals surface area contributed by atoms with Gasteiger partial charge in [0.25, 0.3) is 0 Å². The Kier molecular flexibility index (Phi) is 14.5. The van der Waals surface area contributed by atoms with Gasteiger partial charge < -0.3 is 10.2 Å². The molecule has 5 nitrogen and oxygen atoms in total. The topological polar surface area (TPSA) is 75.6 Å². The first-order valence-electron chi connectivity index (χ1n) is 8.31. The predicted octanol–water partition coefficient (Wildman–Crippen LogP) is 3.82. The second-order valence-corrected chi connectivity index (χ2v) is 5.50. The molecular weight excluding hydrogens is 270 g/mol. The van der Waals surface area contributed by atoms with Gasteiger partial charge in [-0.05, 0) is 19.3 Å². The highest BCUT2D eigenvalue weighted by Gasteiger charge is 2.02. The molecule has 0 aromatic rings. The van der Waals surface area contributed by atoms with Crippen LogP contribution in [0.2, 0.25) is 0 Å². The van der Waals surface area contributed by atoms with Crippen LogP contribution in [0.25, 0.3) is 0 Å². The quantitative estimate of drug-likeness (QED) is 0.290. The molecule has 0 aromatic carbocycles. The standard InChI is InChI=1S/C16H31NO4/c1-2-3-4-5-6-7-9-12-15(18)17-14-11-8-10-13-16(19)21-20/h20H,2-14H2,1H3,(H,17,18). The summed E-state index contributed by atoms with van der Waals surface area (Å²) in [6.07, 6.45) is 11.7. The van der Waals surface area contributed by atoms with Gasteiger partial charge in [0.15, 0.2) is 0 Å². The van der Waals surface area contributed by atoms with Gasteiger partial charge in [-0.3, -0.25) is 4.79 Å². The van der Waals surface area contributed by atoms with Crippen molar-refractivity contribution in [2.24, 2.45) is 0 Å². The van der Waals surface area contributed by atoms with Gasteiger partial charge in [0.05, 0.1) is 0 Å². The van der Waals surface area contributed by atoms with Crippen LogP contribution in [-0.2, 0) is 14.5 Å². The predicted molar refractivity (Wildman–Crippen MR) is 82.8 cm³/mol. The number of unbranched alkanes of at least 4 members (excludes halogenated alkanes) is 8. The Labute approximate surface area is 128 Å². The summed E-state index contributed by atoms with van der Waals surface area (Å²) >= 11 is 0. The van der Waals surface area contributed by atoms with Crippen LogP contribution in [0.3, 0.4) is 0 Å². The minimum atomic E-state index is -0.599. The van der Waals surface area contributed by atoms with Gasteiger partial charge in [-0.2, -0.15) is 5.26 Å². The molecule has 0 saturated heterocycles. The van der Waals surface area contributed by atoms with Crippen molar-refractivity contribution in [1.82, 2.24) is 5.32 Å². The number of hydrogen-bond acceptors (Lipinski definition) is 4. The van der Waals surface area contributed by atoms with E-state index >= 15 is 0 Å². The van der Waals surface area contributed by atoms with Gasteiger partial charge >= 0.3 is 5.97 Å². The van der Waals surface area contributed by atoms with E-state index in [-0.39, 0.29) is 12.3 Å². The van der Waals surface area contributed by atoms with Crippen LogP contribution in [0.1, 0.15) is 84.0 Å². The summed E-state index contributed by atoms with van der Waals surface area (Å²) in [6.45, 7) is 2.87. The third kappa shape index (κ3) is 15.1. The number of carbonyl (C=O) groups is 2. The molecule has 0 radical (unpaired) electrons. The van der Waals surface area contributed by atoms with E-state index in [1.165, 1.54) is 32.1 Å². The molecule has 5 heteroatoms. The molecule has 0 atom stereocenters. The zero-order chi connectivity index (χ0) is 15.8. The molecule has 0 unspecified atom stereocenters. The Hall–Kier alpha value is -1.10. The molecule has 1 amide bonds. The van der Waals surface area contributed by atoms with Crippen molar-refractivity contribution < 1.29 is 19.7 Å². The van der Waals surface area contributed by atoms with E-state index in [2.05, 4.69) is 17.1 Å². The van der Waals surface area contributed by atoms with Gasteiger partial charge in [-0.1, -0.05) is 51.9 Å². The molecule has 2 N–H and O–H groups in total. The Morgan fingerprint density at radius 2 is 1.43 bits per heavy atom. The number of rotatable bonds is 14. The van der Waals surface area contributed by atoms with E-state index in [0.29, 0.717) is 19.4 Å². The van der Waals surface area contributed by atoms with Gasteiger partial charge in [-0.25, -0.2) is 4.79 Å². The number of amides is 1. The van der Waals surface area contributed by atoms with Crippen molar-refractivity contribution in [2.45, 2.75) is 84.0 Å². The molecule has 0 rings (SSSR count). The smallest absolute Gasteiger partial charge is 0.342 e. The maximum atomic E-state index is 11.5. The highest BCUT2D eigenvalue weighted by molar-refractivity contribution is 5.75. The average Bonchev–Trinajstić information content (AvgIpc) is 2.49. The van der Waals surface area contributed by atoms with Crippen LogP contribution in [0.15, 0.2) is 0 Å². The summed E-state index contributed by atoms with van der Waals surface area (Å²) in [7, 11) is 0. The lowest BCUT2D eigenvalue weighted by atomic mass is 10.1. The van der Waals surface area contributed by atoms with Gasteiger partial charge in [-0.15, -0.1) is 0 Å². The third-order valence-electron chi connectivity index (χ3n) is 3.49. The average molecular weight is 301 g/mol. The maximum Gasteiger partial charge on any atom is 0.342 e. The highest BCUT2D eigenvalue weighted by Crippen LogP contribution is 2.08. The Morgan fingerprint density at radius 3 is 2.10 bits per heavy atom. The van der Waals surface area contributed by atoms with Crippen molar-refractivity contribution in [3.63, 3.8) is 0 Å². The second-order valence-electron chi connectivity index (χ2n) is 5.50. The number of nitrogens with one attached hydrogen (secondary N) is 1. The van der Waals surface area contributed by atoms with Gasteiger partial charge in [0, 0.05) is 19.4 Å². The summed E-state index contributed by atoms with van der Waals surface area (Å²) in [5.74, 6) is -0.476.